The Balaban J connectivity index is 2.27. The highest BCUT2D eigenvalue weighted by Gasteiger charge is 2.34. The summed E-state index contributed by atoms with van der Waals surface area (Å²) in [6.45, 7) is 2.13. The molecule has 1 fully saturated rings. The lowest BCUT2D eigenvalue weighted by atomic mass is 9.88. The van der Waals surface area contributed by atoms with Gasteiger partial charge in [-0.3, -0.25) is 0 Å². The van der Waals surface area contributed by atoms with Crippen LogP contribution in [0.15, 0.2) is 34.3 Å². The van der Waals surface area contributed by atoms with Crippen molar-refractivity contribution in [2.24, 2.45) is 27.2 Å². The van der Waals surface area contributed by atoms with Crippen LogP contribution in [0, 0.1) is 6.92 Å². The molecule has 0 bridgehead atoms. The highest BCUT2D eigenvalue weighted by molar-refractivity contribution is 5.92. The number of hydrogen-bond acceptors (Lipinski definition) is 1. The number of rotatable bonds is 3. The van der Waals surface area contributed by atoms with E-state index in [-0.39, 0.29) is 17.5 Å². The maximum Gasteiger partial charge on any atom is 0.219 e. The van der Waals surface area contributed by atoms with Gasteiger partial charge in [-0.05, 0) is 37.3 Å². The summed E-state index contributed by atoms with van der Waals surface area (Å²) in [6, 6.07) is 8.40. The van der Waals surface area contributed by atoms with Crippen molar-refractivity contribution < 1.29 is 0 Å². The summed E-state index contributed by atoms with van der Waals surface area (Å²) in [5.74, 6) is 0.135. The molecule has 0 heterocycles. The molecule has 5 heteroatoms. The zero-order valence-electron chi connectivity index (χ0n) is 12.0. The fraction of sp³-hybridized carbons (Fsp3) is 0.467. The second kappa shape index (κ2) is 5.94. The first-order valence-electron chi connectivity index (χ1n) is 7.00. The molecule has 0 aliphatic heterocycles. The van der Waals surface area contributed by atoms with E-state index in [2.05, 4.69) is 41.2 Å². The smallest absolute Gasteiger partial charge is 0.219 e. The van der Waals surface area contributed by atoms with E-state index in [0.29, 0.717) is 0 Å². The first-order valence-corrected chi connectivity index (χ1v) is 7.00. The minimum atomic E-state index is -0.158. The Bertz CT molecular complexity index is 523. The molecule has 1 aromatic rings. The third-order valence-corrected chi connectivity index (χ3v) is 3.91. The van der Waals surface area contributed by atoms with Crippen LogP contribution in [-0.2, 0) is 6.42 Å². The molecule has 1 saturated carbocycles. The Labute approximate surface area is 120 Å². The lowest BCUT2D eigenvalue weighted by molar-refractivity contribution is 0.438. The highest BCUT2D eigenvalue weighted by atomic mass is 15.1. The van der Waals surface area contributed by atoms with E-state index in [4.69, 9.17) is 17.2 Å². The zero-order valence-corrected chi connectivity index (χ0v) is 12.0. The number of nitrogens with two attached hydrogens (primary N) is 3. The Kier molecular flexibility index (Phi) is 4.27. The lowest BCUT2D eigenvalue weighted by Gasteiger charge is -2.25. The van der Waals surface area contributed by atoms with E-state index in [1.807, 2.05) is 0 Å². The second-order valence-corrected chi connectivity index (χ2v) is 5.54. The minimum Gasteiger partial charge on any atom is -0.370 e. The van der Waals surface area contributed by atoms with Gasteiger partial charge in [0.15, 0.2) is 5.96 Å². The van der Waals surface area contributed by atoms with Crippen LogP contribution in [0.1, 0.15) is 36.8 Å². The zero-order chi connectivity index (χ0) is 14.6. The van der Waals surface area contributed by atoms with Crippen LogP contribution in [0.25, 0.3) is 0 Å². The summed E-state index contributed by atoms with van der Waals surface area (Å²) in [5, 5.41) is 0. The summed E-state index contributed by atoms with van der Waals surface area (Å²) in [7, 11) is 0. The van der Waals surface area contributed by atoms with Crippen LogP contribution >= 0.6 is 0 Å². The summed E-state index contributed by atoms with van der Waals surface area (Å²) >= 11 is 0. The van der Waals surface area contributed by atoms with Crippen molar-refractivity contribution in [1.82, 2.24) is 0 Å². The molecule has 108 valence electrons. The van der Waals surface area contributed by atoms with Crippen molar-refractivity contribution in [1.29, 1.82) is 0 Å². The van der Waals surface area contributed by atoms with Crippen molar-refractivity contribution in [3.8, 4) is 0 Å². The molecular weight excluding hydrogens is 250 g/mol. The lowest BCUT2D eigenvalue weighted by Crippen LogP contribution is -2.32. The van der Waals surface area contributed by atoms with E-state index < -0.39 is 0 Å². The molecule has 0 atom stereocenters. The van der Waals surface area contributed by atoms with Crippen LogP contribution in [0.4, 0.5) is 0 Å². The molecule has 1 aliphatic carbocycles. The van der Waals surface area contributed by atoms with Gasteiger partial charge in [-0.1, -0.05) is 37.1 Å². The van der Waals surface area contributed by atoms with Crippen molar-refractivity contribution in [2.75, 3.05) is 0 Å². The molecule has 0 radical (unpaired) electrons. The molecule has 5 nitrogen and oxygen atoms in total. The van der Waals surface area contributed by atoms with Crippen LogP contribution in [0.2, 0.25) is 0 Å². The Morgan fingerprint density at radius 2 is 1.80 bits per heavy atom. The normalized spacial score (nSPS) is 17.9. The quantitative estimate of drug-likeness (QED) is 0.573. The minimum absolute atomic E-state index is 0.0460. The second-order valence-electron chi connectivity index (χ2n) is 5.54. The van der Waals surface area contributed by atoms with Gasteiger partial charge in [-0.15, -0.1) is 0 Å². The molecule has 20 heavy (non-hydrogen) atoms. The van der Waals surface area contributed by atoms with Crippen molar-refractivity contribution >= 4 is 11.9 Å². The molecule has 0 aromatic heterocycles. The summed E-state index contributed by atoms with van der Waals surface area (Å²) in [6.07, 6.45) is 5.29. The largest absolute Gasteiger partial charge is 0.370 e. The number of aryl methyl sites for hydroxylation is 1. The van der Waals surface area contributed by atoms with Crippen LogP contribution < -0.4 is 17.2 Å². The summed E-state index contributed by atoms with van der Waals surface area (Å²) in [4.78, 5) is 8.48. The molecular formula is C15H23N5. The van der Waals surface area contributed by atoms with Gasteiger partial charge >= 0.3 is 0 Å². The average Bonchev–Trinajstić information content (AvgIpc) is 2.79. The van der Waals surface area contributed by atoms with E-state index in [0.717, 1.165) is 19.3 Å². The molecule has 0 spiro atoms. The van der Waals surface area contributed by atoms with E-state index in [1.54, 1.807) is 0 Å². The monoisotopic (exact) mass is 273 g/mol. The Morgan fingerprint density at radius 3 is 2.40 bits per heavy atom. The highest BCUT2D eigenvalue weighted by Crippen LogP contribution is 2.37. The van der Waals surface area contributed by atoms with Gasteiger partial charge in [0.05, 0.1) is 5.54 Å². The van der Waals surface area contributed by atoms with Crippen molar-refractivity contribution in [3.05, 3.63) is 35.4 Å². The maximum absolute atomic E-state index is 5.83. The van der Waals surface area contributed by atoms with E-state index in [1.165, 1.54) is 24.0 Å². The number of guanidine groups is 2. The predicted octanol–water partition coefficient (Wildman–Crippen LogP) is 1.44. The number of nitrogens with zero attached hydrogens (tertiary/aromatic N) is 2. The predicted molar refractivity (Wildman–Crippen MR) is 83.5 cm³/mol. The summed E-state index contributed by atoms with van der Waals surface area (Å²) < 4.78 is 0. The van der Waals surface area contributed by atoms with Crippen LogP contribution in [0.3, 0.4) is 0 Å². The van der Waals surface area contributed by atoms with Crippen LogP contribution in [0.5, 0.6) is 0 Å². The van der Waals surface area contributed by atoms with Gasteiger partial charge in [0, 0.05) is 0 Å². The van der Waals surface area contributed by atoms with Gasteiger partial charge in [0.1, 0.15) is 0 Å². The molecule has 0 saturated heterocycles. The number of benzene rings is 1. The fourth-order valence-corrected chi connectivity index (χ4v) is 2.92. The molecule has 0 amide bonds. The van der Waals surface area contributed by atoms with Crippen molar-refractivity contribution in [3.63, 3.8) is 0 Å². The van der Waals surface area contributed by atoms with Gasteiger partial charge in [-0.25, -0.2) is 4.99 Å². The average molecular weight is 273 g/mol. The Hall–Kier alpha value is -2.04. The molecule has 1 aromatic carbocycles. The first kappa shape index (κ1) is 14.4. The molecule has 1 aliphatic rings. The number of aliphatic imine (C=N–C) groups is 2. The topological polar surface area (TPSA) is 103 Å². The molecule has 6 N–H and O–H groups in total. The van der Waals surface area contributed by atoms with Crippen molar-refractivity contribution in [2.45, 2.75) is 44.6 Å². The standard InChI is InChI=1S/C15H23N5/c1-11-6-2-3-7-12(11)10-15(8-4-5-9-15)20-14(18)19-13(16)17/h2-3,6-7H,4-5,8-10H2,1H3,(H6,16,17,18,19,20). The van der Waals surface area contributed by atoms with Gasteiger partial charge in [-0.2, -0.15) is 4.99 Å². The van der Waals surface area contributed by atoms with E-state index >= 15 is 0 Å². The van der Waals surface area contributed by atoms with Gasteiger partial charge < -0.3 is 17.2 Å². The van der Waals surface area contributed by atoms with E-state index in [9.17, 15) is 0 Å². The van der Waals surface area contributed by atoms with Gasteiger partial charge in [0.2, 0.25) is 5.96 Å². The summed E-state index contributed by atoms with van der Waals surface area (Å²) in [5.41, 5.74) is 19.0. The third-order valence-electron chi connectivity index (χ3n) is 3.91. The van der Waals surface area contributed by atoms with Crippen LogP contribution in [-0.4, -0.2) is 17.5 Å². The third kappa shape index (κ3) is 3.50. The Morgan fingerprint density at radius 1 is 1.15 bits per heavy atom. The molecule has 2 rings (SSSR count). The SMILES string of the molecule is Cc1ccccc1CC1(N=C(N)N=C(N)N)CCCC1. The first-order chi connectivity index (χ1) is 9.51. The fourth-order valence-electron chi connectivity index (χ4n) is 2.92. The molecule has 0 unspecified atom stereocenters. The van der Waals surface area contributed by atoms with Gasteiger partial charge in [0.25, 0.3) is 0 Å². The number of hydrogen-bond donors (Lipinski definition) is 3. The maximum atomic E-state index is 5.83.